The Morgan fingerprint density at radius 1 is 1.43 bits per heavy atom. The monoisotopic (exact) mass is 272 g/mol. The standard InChI is InChI=1S/C9H6BrClN2O/c10-5-3-7-4(1-6(5)11)2-8(13-7)9(12)14/h1-3,13H,(H2,12,14). The maximum Gasteiger partial charge on any atom is 0.265 e. The van der Waals surface area contributed by atoms with E-state index in [1.165, 1.54) is 0 Å². The summed E-state index contributed by atoms with van der Waals surface area (Å²) in [5, 5.41) is 1.47. The summed E-state index contributed by atoms with van der Waals surface area (Å²) in [4.78, 5) is 13.8. The van der Waals surface area contributed by atoms with Crippen molar-refractivity contribution in [2.24, 2.45) is 5.73 Å². The van der Waals surface area contributed by atoms with Crippen LogP contribution in [0.15, 0.2) is 22.7 Å². The number of halogens is 2. The molecule has 0 aliphatic heterocycles. The van der Waals surface area contributed by atoms with E-state index < -0.39 is 5.91 Å². The van der Waals surface area contributed by atoms with Crippen LogP contribution in [-0.2, 0) is 0 Å². The molecular weight excluding hydrogens is 267 g/mol. The first-order valence-electron chi connectivity index (χ1n) is 3.85. The number of nitrogens with two attached hydrogens (primary N) is 1. The Labute approximate surface area is 93.4 Å². The molecule has 0 saturated carbocycles. The van der Waals surface area contributed by atoms with Crippen LogP contribution in [0.25, 0.3) is 10.9 Å². The maximum absolute atomic E-state index is 10.9. The van der Waals surface area contributed by atoms with Gasteiger partial charge in [0, 0.05) is 15.4 Å². The average molecular weight is 274 g/mol. The third kappa shape index (κ3) is 1.51. The molecule has 0 bridgehead atoms. The number of nitrogens with one attached hydrogen (secondary N) is 1. The lowest BCUT2D eigenvalue weighted by Crippen LogP contribution is -2.10. The van der Waals surface area contributed by atoms with Gasteiger partial charge >= 0.3 is 0 Å². The van der Waals surface area contributed by atoms with E-state index in [1.54, 1.807) is 12.1 Å². The van der Waals surface area contributed by atoms with E-state index in [1.807, 2.05) is 6.07 Å². The van der Waals surface area contributed by atoms with Crippen LogP contribution in [0.4, 0.5) is 0 Å². The zero-order valence-corrected chi connectivity index (χ0v) is 9.32. The number of rotatable bonds is 1. The van der Waals surface area contributed by atoms with Crippen molar-refractivity contribution < 1.29 is 4.79 Å². The van der Waals surface area contributed by atoms with Crippen LogP contribution in [0.3, 0.4) is 0 Å². The van der Waals surface area contributed by atoms with Gasteiger partial charge in [0.2, 0.25) is 0 Å². The Bertz CT molecular complexity index is 482. The molecule has 1 aromatic heterocycles. The highest BCUT2D eigenvalue weighted by atomic mass is 79.9. The molecule has 0 aliphatic carbocycles. The number of hydrogen-bond acceptors (Lipinski definition) is 1. The van der Waals surface area contributed by atoms with Crippen molar-refractivity contribution in [1.82, 2.24) is 4.98 Å². The normalized spacial score (nSPS) is 10.7. The number of carbonyl (C=O) groups is 1. The second kappa shape index (κ2) is 3.29. The number of primary amides is 1. The quantitative estimate of drug-likeness (QED) is 0.824. The van der Waals surface area contributed by atoms with Crippen LogP contribution >= 0.6 is 27.5 Å². The second-order valence-electron chi connectivity index (χ2n) is 2.90. The minimum atomic E-state index is -0.478. The molecule has 0 unspecified atom stereocenters. The first-order chi connectivity index (χ1) is 6.58. The predicted octanol–water partition coefficient (Wildman–Crippen LogP) is 2.68. The smallest absolute Gasteiger partial charge is 0.265 e. The molecule has 1 aromatic carbocycles. The lowest BCUT2D eigenvalue weighted by Gasteiger charge is -1.94. The second-order valence-corrected chi connectivity index (χ2v) is 4.16. The Hall–Kier alpha value is -1.00. The van der Waals surface area contributed by atoms with Crippen molar-refractivity contribution in [1.29, 1.82) is 0 Å². The van der Waals surface area contributed by atoms with Crippen molar-refractivity contribution in [2.75, 3.05) is 0 Å². The predicted molar refractivity (Wildman–Crippen MR) is 59.5 cm³/mol. The lowest BCUT2D eigenvalue weighted by atomic mass is 10.2. The molecule has 0 saturated heterocycles. The van der Waals surface area contributed by atoms with Crippen molar-refractivity contribution >= 4 is 44.3 Å². The summed E-state index contributed by atoms with van der Waals surface area (Å²) < 4.78 is 0.782. The minimum absolute atomic E-state index is 0.383. The molecule has 2 aromatic rings. The molecule has 0 aliphatic rings. The molecule has 1 amide bonds. The third-order valence-electron chi connectivity index (χ3n) is 1.93. The van der Waals surface area contributed by atoms with Gasteiger partial charge in [0.15, 0.2) is 0 Å². The van der Waals surface area contributed by atoms with E-state index in [-0.39, 0.29) is 0 Å². The van der Waals surface area contributed by atoms with Crippen LogP contribution in [-0.4, -0.2) is 10.9 Å². The summed E-state index contributed by atoms with van der Waals surface area (Å²) in [5.41, 5.74) is 6.35. The molecule has 3 N–H and O–H groups in total. The van der Waals surface area contributed by atoms with Gasteiger partial charge in [-0.2, -0.15) is 0 Å². The summed E-state index contributed by atoms with van der Waals surface area (Å²) in [6, 6.07) is 5.25. The summed E-state index contributed by atoms with van der Waals surface area (Å²) in [7, 11) is 0. The molecular formula is C9H6BrClN2O. The number of hydrogen-bond donors (Lipinski definition) is 2. The summed E-state index contributed by atoms with van der Waals surface area (Å²) in [6.45, 7) is 0. The molecule has 2 rings (SSSR count). The fourth-order valence-electron chi connectivity index (χ4n) is 1.26. The van der Waals surface area contributed by atoms with E-state index in [0.29, 0.717) is 10.7 Å². The van der Waals surface area contributed by atoms with E-state index in [2.05, 4.69) is 20.9 Å². The average Bonchev–Trinajstić information content (AvgIpc) is 2.48. The first-order valence-corrected chi connectivity index (χ1v) is 5.02. The summed E-state index contributed by atoms with van der Waals surface area (Å²) in [5.74, 6) is -0.478. The van der Waals surface area contributed by atoms with Gasteiger partial charge in [0.25, 0.3) is 5.91 Å². The number of amides is 1. The molecule has 0 spiro atoms. The van der Waals surface area contributed by atoms with Crippen molar-refractivity contribution in [2.45, 2.75) is 0 Å². The van der Waals surface area contributed by atoms with Crippen molar-refractivity contribution in [3.8, 4) is 0 Å². The number of benzene rings is 1. The molecule has 0 atom stereocenters. The van der Waals surface area contributed by atoms with Gasteiger partial charge in [-0.05, 0) is 34.1 Å². The molecule has 3 nitrogen and oxygen atoms in total. The van der Waals surface area contributed by atoms with Crippen molar-refractivity contribution in [3.63, 3.8) is 0 Å². The Morgan fingerprint density at radius 2 is 2.14 bits per heavy atom. The van der Waals surface area contributed by atoms with Crippen LogP contribution in [0.2, 0.25) is 5.02 Å². The highest BCUT2D eigenvalue weighted by Crippen LogP contribution is 2.28. The topological polar surface area (TPSA) is 58.9 Å². The number of H-pyrrole nitrogens is 1. The van der Waals surface area contributed by atoms with E-state index in [4.69, 9.17) is 17.3 Å². The van der Waals surface area contributed by atoms with Gasteiger partial charge < -0.3 is 10.7 Å². The van der Waals surface area contributed by atoms with Gasteiger partial charge in [-0.1, -0.05) is 11.6 Å². The zero-order chi connectivity index (χ0) is 10.3. The van der Waals surface area contributed by atoms with Crippen LogP contribution in [0, 0.1) is 0 Å². The largest absolute Gasteiger partial charge is 0.364 e. The maximum atomic E-state index is 10.9. The fourth-order valence-corrected chi connectivity index (χ4v) is 1.77. The van der Waals surface area contributed by atoms with Crippen LogP contribution < -0.4 is 5.73 Å². The Kier molecular flexibility index (Phi) is 2.25. The molecule has 5 heteroatoms. The highest BCUT2D eigenvalue weighted by molar-refractivity contribution is 9.10. The third-order valence-corrected chi connectivity index (χ3v) is 3.12. The molecule has 14 heavy (non-hydrogen) atoms. The molecule has 1 heterocycles. The van der Waals surface area contributed by atoms with Gasteiger partial charge in [-0.15, -0.1) is 0 Å². The van der Waals surface area contributed by atoms with Gasteiger partial charge in [-0.25, -0.2) is 0 Å². The molecule has 0 radical (unpaired) electrons. The van der Waals surface area contributed by atoms with Crippen LogP contribution in [0.5, 0.6) is 0 Å². The van der Waals surface area contributed by atoms with Crippen molar-refractivity contribution in [3.05, 3.63) is 33.4 Å². The van der Waals surface area contributed by atoms with E-state index in [9.17, 15) is 4.79 Å². The summed E-state index contributed by atoms with van der Waals surface area (Å²) in [6.07, 6.45) is 0. The number of aromatic amines is 1. The fraction of sp³-hybridized carbons (Fsp3) is 0. The van der Waals surface area contributed by atoms with Gasteiger partial charge in [0.05, 0.1) is 5.02 Å². The highest BCUT2D eigenvalue weighted by Gasteiger charge is 2.07. The number of aromatic nitrogens is 1. The molecule has 72 valence electrons. The van der Waals surface area contributed by atoms with E-state index >= 15 is 0 Å². The zero-order valence-electron chi connectivity index (χ0n) is 6.97. The Morgan fingerprint density at radius 3 is 2.79 bits per heavy atom. The summed E-state index contributed by atoms with van der Waals surface area (Å²) >= 11 is 9.19. The molecule has 0 fully saturated rings. The SMILES string of the molecule is NC(=O)c1cc2cc(Cl)c(Br)cc2[nH]1. The number of fused-ring (bicyclic) bond motifs is 1. The van der Waals surface area contributed by atoms with Gasteiger partial charge in [0.1, 0.15) is 5.69 Å². The van der Waals surface area contributed by atoms with Gasteiger partial charge in [-0.3, -0.25) is 4.79 Å². The van der Waals surface area contributed by atoms with Crippen LogP contribution in [0.1, 0.15) is 10.5 Å². The minimum Gasteiger partial charge on any atom is -0.364 e. The first kappa shape index (κ1) is 9.55. The number of carbonyl (C=O) groups excluding carboxylic acids is 1. The van der Waals surface area contributed by atoms with E-state index in [0.717, 1.165) is 15.4 Å². The lowest BCUT2D eigenvalue weighted by molar-refractivity contribution is 0.0996. The Balaban J connectivity index is 2.72.